The molecule has 2 N–H and O–H groups in total. The first-order valence-electron chi connectivity index (χ1n) is 11.9. The van der Waals surface area contributed by atoms with E-state index in [-0.39, 0.29) is 24.5 Å². The molecule has 3 aromatic rings. The summed E-state index contributed by atoms with van der Waals surface area (Å²) in [5.74, 6) is -3.83. The second-order valence-corrected chi connectivity index (χ2v) is 11.1. The Kier molecular flexibility index (Phi) is 6.48. The average Bonchev–Trinajstić information content (AvgIpc) is 3.63. The number of alkyl halides is 2. The number of amides is 2. The molecular formula is C25H28F2N6O3S. The quantitative estimate of drug-likeness (QED) is 0.505. The van der Waals surface area contributed by atoms with Gasteiger partial charge in [0.15, 0.2) is 5.13 Å². The predicted octanol–water partition coefficient (Wildman–Crippen LogP) is 3.60. The molecule has 2 saturated heterocycles. The monoisotopic (exact) mass is 530 g/mol. The summed E-state index contributed by atoms with van der Waals surface area (Å²) in [6, 6.07) is 7.05. The Bertz CT molecular complexity index is 1320. The summed E-state index contributed by atoms with van der Waals surface area (Å²) in [4.78, 5) is 35.6. The highest BCUT2D eigenvalue weighted by atomic mass is 32.1. The van der Waals surface area contributed by atoms with Crippen molar-refractivity contribution in [2.24, 2.45) is 5.92 Å². The lowest BCUT2D eigenvalue weighted by molar-refractivity contribution is -0.115. The smallest absolute Gasteiger partial charge is 0.277 e. The Morgan fingerprint density at radius 2 is 2.00 bits per heavy atom. The molecule has 37 heavy (non-hydrogen) atoms. The number of pyridine rings is 1. The molecule has 2 aliphatic heterocycles. The van der Waals surface area contributed by atoms with E-state index >= 15 is 0 Å². The number of halogens is 2. The number of aromatic nitrogens is 3. The number of hydrogen-bond donors (Lipinski definition) is 2. The van der Waals surface area contributed by atoms with Crippen molar-refractivity contribution in [2.45, 2.75) is 38.3 Å². The molecule has 0 aromatic carbocycles. The second kappa shape index (κ2) is 9.49. The van der Waals surface area contributed by atoms with E-state index in [0.717, 1.165) is 0 Å². The highest BCUT2D eigenvalue weighted by Crippen LogP contribution is 2.41. The first kappa shape index (κ1) is 25.3. The van der Waals surface area contributed by atoms with E-state index < -0.39 is 30.5 Å². The van der Waals surface area contributed by atoms with Gasteiger partial charge in [-0.2, -0.15) is 0 Å². The maximum Gasteiger partial charge on any atom is 0.277 e. The number of hydrogen-bond acceptors (Lipinski definition) is 7. The number of ether oxygens (including phenoxy) is 1. The number of rotatable bonds is 6. The maximum absolute atomic E-state index is 14.0. The van der Waals surface area contributed by atoms with E-state index in [9.17, 15) is 18.4 Å². The van der Waals surface area contributed by atoms with Crippen molar-refractivity contribution in [1.29, 1.82) is 0 Å². The predicted molar refractivity (Wildman–Crippen MR) is 136 cm³/mol. The summed E-state index contributed by atoms with van der Waals surface area (Å²) >= 11 is 1.23. The van der Waals surface area contributed by atoms with Gasteiger partial charge in [0.1, 0.15) is 18.1 Å². The minimum Gasteiger partial charge on any atom is -0.370 e. The van der Waals surface area contributed by atoms with E-state index in [1.54, 1.807) is 40.7 Å². The van der Waals surface area contributed by atoms with Crippen molar-refractivity contribution in [1.82, 2.24) is 19.9 Å². The SMILES string of the molecule is CC(C)(C)n1ccc(C(=O)NCC(=O)Nc2nc(-c3cccc(N4C[C@@H]5OCC(F)(F)[C@@H]5C4)n3)cs2)c1. The summed E-state index contributed by atoms with van der Waals surface area (Å²) in [7, 11) is 0. The van der Waals surface area contributed by atoms with Crippen LogP contribution in [0, 0.1) is 5.92 Å². The van der Waals surface area contributed by atoms with Gasteiger partial charge in [-0.1, -0.05) is 6.07 Å². The zero-order chi connectivity index (χ0) is 26.4. The van der Waals surface area contributed by atoms with E-state index in [2.05, 4.69) is 20.6 Å². The molecule has 0 spiro atoms. The second-order valence-electron chi connectivity index (χ2n) is 10.3. The van der Waals surface area contributed by atoms with Gasteiger partial charge >= 0.3 is 0 Å². The number of nitrogens with zero attached hydrogens (tertiary/aromatic N) is 4. The molecule has 5 rings (SSSR count). The van der Waals surface area contributed by atoms with Crippen LogP contribution in [0.2, 0.25) is 0 Å². The maximum atomic E-state index is 14.0. The molecule has 2 amide bonds. The summed E-state index contributed by atoms with van der Waals surface area (Å²) in [5, 5.41) is 7.42. The largest absolute Gasteiger partial charge is 0.370 e. The van der Waals surface area contributed by atoms with Gasteiger partial charge in [-0.25, -0.2) is 18.7 Å². The van der Waals surface area contributed by atoms with Crippen LogP contribution in [0.15, 0.2) is 42.0 Å². The van der Waals surface area contributed by atoms with Gasteiger partial charge in [-0.3, -0.25) is 9.59 Å². The average molecular weight is 531 g/mol. The third kappa shape index (κ3) is 5.35. The first-order chi connectivity index (χ1) is 17.5. The number of carbonyl (C=O) groups excluding carboxylic acids is 2. The molecule has 9 nitrogen and oxygen atoms in total. The molecule has 2 aliphatic rings. The van der Waals surface area contributed by atoms with Crippen LogP contribution < -0.4 is 15.5 Å². The minimum absolute atomic E-state index is 0.149. The zero-order valence-electron chi connectivity index (χ0n) is 20.7. The van der Waals surface area contributed by atoms with Gasteiger partial charge in [-0.15, -0.1) is 11.3 Å². The summed E-state index contributed by atoms with van der Waals surface area (Å²) < 4.78 is 35.3. The third-order valence-corrected chi connectivity index (χ3v) is 7.27. The fraction of sp³-hybridized carbons (Fsp3) is 0.440. The van der Waals surface area contributed by atoms with Crippen LogP contribution in [0.1, 0.15) is 31.1 Å². The van der Waals surface area contributed by atoms with Gasteiger partial charge in [0, 0.05) is 36.4 Å². The van der Waals surface area contributed by atoms with E-state index in [1.807, 2.05) is 31.5 Å². The Morgan fingerprint density at radius 3 is 2.73 bits per heavy atom. The van der Waals surface area contributed by atoms with Crippen LogP contribution in [-0.2, 0) is 15.1 Å². The highest BCUT2D eigenvalue weighted by Gasteiger charge is 2.55. The van der Waals surface area contributed by atoms with Crippen molar-refractivity contribution < 1.29 is 23.1 Å². The van der Waals surface area contributed by atoms with Crippen LogP contribution >= 0.6 is 11.3 Å². The zero-order valence-corrected chi connectivity index (χ0v) is 21.5. The molecule has 3 aromatic heterocycles. The lowest BCUT2D eigenvalue weighted by atomic mass is 10.0. The van der Waals surface area contributed by atoms with Crippen molar-refractivity contribution in [3.05, 3.63) is 47.6 Å². The summed E-state index contributed by atoms with van der Waals surface area (Å²) in [6.07, 6.45) is 3.07. The standard InChI is InChI=1S/C25H28F2N6O3S/c1-24(2,3)33-8-7-15(10-33)22(35)28-9-21(34)31-23-30-18(13-37-23)17-5-4-6-20(29-17)32-11-16-19(12-32)36-14-25(16,26)27/h4-8,10,13,16,19H,9,11-12,14H2,1-3H3,(H,28,35)(H,30,31,34)/t16-,19+/m1/s1. The van der Waals surface area contributed by atoms with Crippen molar-refractivity contribution >= 4 is 34.1 Å². The molecule has 12 heteroatoms. The molecule has 0 bridgehead atoms. The molecule has 0 unspecified atom stereocenters. The number of carbonyl (C=O) groups is 2. The molecular weight excluding hydrogens is 502 g/mol. The van der Waals surface area contributed by atoms with Crippen LogP contribution in [0.25, 0.3) is 11.4 Å². The lowest BCUT2D eigenvalue weighted by Crippen LogP contribution is -2.32. The van der Waals surface area contributed by atoms with Gasteiger partial charge < -0.3 is 24.8 Å². The van der Waals surface area contributed by atoms with Gasteiger partial charge in [0.25, 0.3) is 11.8 Å². The normalized spacial score (nSPS) is 20.6. The molecule has 5 heterocycles. The molecule has 196 valence electrons. The number of fused-ring (bicyclic) bond motifs is 1. The van der Waals surface area contributed by atoms with E-state index in [4.69, 9.17) is 4.74 Å². The fourth-order valence-corrected chi connectivity index (χ4v) is 5.15. The molecule has 2 fully saturated rings. The Hall–Kier alpha value is -3.38. The van der Waals surface area contributed by atoms with E-state index in [1.165, 1.54) is 11.3 Å². The van der Waals surface area contributed by atoms with Gasteiger partial charge in [0.05, 0.1) is 29.8 Å². The topological polar surface area (TPSA) is 101 Å². The highest BCUT2D eigenvalue weighted by molar-refractivity contribution is 7.14. The van der Waals surface area contributed by atoms with Gasteiger partial charge in [-0.05, 0) is 39.0 Å². The summed E-state index contributed by atoms with van der Waals surface area (Å²) in [5.41, 5.74) is 1.44. The molecule has 0 aliphatic carbocycles. The molecule has 2 atom stereocenters. The van der Waals surface area contributed by atoms with Crippen LogP contribution in [0.4, 0.5) is 19.7 Å². The number of nitrogens with one attached hydrogen (secondary N) is 2. The van der Waals surface area contributed by atoms with Crippen molar-refractivity contribution in [3.63, 3.8) is 0 Å². The Labute approximate surface area is 216 Å². The minimum atomic E-state index is -2.82. The lowest BCUT2D eigenvalue weighted by Gasteiger charge is -2.20. The fourth-order valence-electron chi connectivity index (χ4n) is 4.43. The van der Waals surface area contributed by atoms with Crippen molar-refractivity contribution in [2.75, 3.05) is 36.5 Å². The van der Waals surface area contributed by atoms with Crippen molar-refractivity contribution in [3.8, 4) is 11.4 Å². The third-order valence-electron chi connectivity index (χ3n) is 6.51. The van der Waals surface area contributed by atoms with Crippen LogP contribution in [-0.4, -0.2) is 64.6 Å². The van der Waals surface area contributed by atoms with Gasteiger partial charge in [0.2, 0.25) is 5.91 Å². The number of thiazole rings is 1. The Balaban J connectivity index is 1.17. The Morgan fingerprint density at radius 1 is 1.19 bits per heavy atom. The first-order valence-corrected chi connectivity index (χ1v) is 12.8. The van der Waals surface area contributed by atoms with Crippen LogP contribution in [0.3, 0.4) is 0 Å². The van der Waals surface area contributed by atoms with E-state index in [0.29, 0.717) is 34.4 Å². The molecule has 0 saturated carbocycles. The molecule has 0 radical (unpaired) electrons. The van der Waals surface area contributed by atoms with Crippen LogP contribution in [0.5, 0.6) is 0 Å². The summed E-state index contributed by atoms with van der Waals surface area (Å²) in [6.45, 7) is 5.91. The number of anilines is 2.